The Labute approximate surface area is 138 Å². The van der Waals surface area contributed by atoms with Crippen molar-refractivity contribution >= 4 is 34.1 Å². The SMILES string of the molecule is CC(C)C(=O)Nc1ncc(SCc2ncc(C(C)(C)C)o2)s1. The number of nitrogens with zero attached hydrogens (tertiary/aromatic N) is 2. The Kier molecular flexibility index (Phi) is 5.28. The molecule has 2 aromatic heterocycles. The number of carbonyl (C=O) groups excluding carboxylic acids is 1. The second-order valence-corrected chi connectivity index (χ2v) is 8.59. The van der Waals surface area contributed by atoms with Crippen LogP contribution in [0.1, 0.15) is 46.3 Å². The molecule has 0 aliphatic rings. The van der Waals surface area contributed by atoms with Gasteiger partial charge in [-0.2, -0.15) is 0 Å². The van der Waals surface area contributed by atoms with E-state index in [2.05, 4.69) is 36.1 Å². The number of thiazole rings is 1. The summed E-state index contributed by atoms with van der Waals surface area (Å²) in [5.41, 5.74) is -0.0330. The van der Waals surface area contributed by atoms with Crippen LogP contribution in [0.2, 0.25) is 0 Å². The summed E-state index contributed by atoms with van der Waals surface area (Å²) in [5, 5.41) is 3.43. The van der Waals surface area contributed by atoms with Gasteiger partial charge in [0.1, 0.15) is 5.76 Å². The van der Waals surface area contributed by atoms with Gasteiger partial charge in [-0.15, -0.1) is 11.8 Å². The summed E-state index contributed by atoms with van der Waals surface area (Å²) in [6, 6.07) is 0. The first-order chi connectivity index (χ1) is 10.3. The van der Waals surface area contributed by atoms with Crippen LogP contribution in [0, 0.1) is 5.92 Å². The van der Waals surface area contributed by atoms with E-state index < -0.39 is 0 Å². The van der Waals surface area contributed by atoms with Gasteiger partial charge in [0.05, 0.1) is 22.4 Å². The molecule has 0 unspecified atom stereocenters. The molecule has 0 bridgehead atoms. The van der Waals surface area contributed by atoms with Crippen LogP contribution in [0.5, 0.6) is 0 Å². The van der Waals surface area contributed by atoms with Gasteiger partial charge in [-0.3, -0.25) is 4.79 Å². The van der Waals surface area contributed by atoms with E-state index in [1.165, 1.54) is 11.3 Å². The maximum absolute atomic E-state index is 11.6. The van der Waals surface area contributed by atoms with Crippen LogP contribution in [-0.2, 0) is 16.0 Å². The number of hydrogen-bond acceptors (Lipinski definition) is 6. The first-order valence-corrected chi connectivity index (χ1v) is 8.90. The van der Waals surface area contributed by atoms with Crippen molar-refractivity contribution in [3.05, 3.63) is 24.0 Å². The lowest BCUT2D eigenvalue weighted by Crippen LogP contribution is -2.17. The second-order valence-electron chi connectivity index (χ2n) is 6.29. The van der Waals surface area contributed by atoms with E-state index in [-0.39, 0.29) is 17.2 Å². The highest BCUT2D eigenvalue weighted by Gasteiger charge is 2.19. The highest BCUT2D eigenvalue weighted by atomic mass is 32.2. The van der Waals surface area contributed by atoms with Crippen LogP contribution >= 0.6 is 23.1 Å². The van der Waals surface area contributed by atoms with E-state index in [4.69, 9.17) is 4.42 Å². The van der Waals surface area contributed by atoms with E-state index in [1.54, 1.807) is 24.2 Å². The largest absolute Gasteiger partial charge is 0.444 e. The molecule has 2 aromatic rings. The molecule has 1 N–H and O–H groups in total. The molecule has 0 radical (unpaired) electrons. The first kappa shape index (κ1) is 17.0. The highest BCUT2D eigenvalue weighted by molar-refractivity contribution is 8.00. The molecule has 0 saturated carbocycles. The Morgan fingerprint density at radius 3 is 2.68 bits per heavy atom. The predicted octanol–water partition coefficient (Wildman–Crippen LogP) is 4.32. The van der Waals surface area contributed by atoms with Crippen molar-refractivity contribution in [3.8, 4) is 0 Å². The summed E-state index contributed by atoms with van der Waals surface area (Å²) in [6.07, 6.45) is 3.55. The van der Waals surface area contributed by atoms with E-state index in [1.807, 2.05) is 13.8 Å². The summed E-state index contributed by atoms with van der Waals surface area (Å²) >= 11 is 3.06. The number of rotatable bonds is 5. The number of hydrogen-bond donors (Lipinski definition) is 1. The number of amides is 1. The van der Waals surface area contributed by atoms with Gasteiger partial charge in [0.2, 0.25) is 11.8 Å². The van der Waals surface area contributed by atoms with Gasteiger partial charge >= 0.3 is 0 Å². The fraction of sp³-hybridized carbons (Fsp3) is 0.533. The smallest absolute Gasteiger partial charge is 0.228 e. The van der Waals surface area contributed by atoms with E-state index in [9.17, 15) is 4.79 Å². The maximum Gasteiger partial charge on any atom is 0.228 e. The fourth-order valence-electron chi connectivity index (χ4n) is 1.49. The Morgan fingerprint density at radius 1 is 1.36 bits per heavy atom. The standard InChI is InChI=1S/C15H21N3O2S2/c1-9(2)13(19)18-14-17-7-12(22-14)21-8-11-16-6-10(20-11)15(3,4)5/h6-7,9H,8H2,1-5H3,(H,17,18,19). The summed E-state index contributed by atoms with van der Waals surface area (Å²) < 4.78 is 6.78. The molecule has 0 spiro atoms. The lowest BCUT2D eigenvalue weighted by Gasteiger charge is -2.12. The van der Waals surface area contributed by atoms with Gasteiger partial charge in [-0.25, -0.2) is 9.97 Å². The summed E-state index contributed by atoms with van der Waals surface area (Å²) in [6.45, 7) is 9.99. The van der Waals surface area contributed by atoms with Gasteiger partial charge in [0.25, 0.3) is 0 Å². The molecular weight excluding hydrogens is 318 g/mol. The van der Waals surface area contributed by atoms with Crippen molar-refractivity contribution in [2.75, 3.05) is 5.32 Å². The molecule has 0 aliphatic heterocycles. The minimum Gasteiger partial charge on any atom is -0.444 e. The fourth-order valence-corrected chi connectivity index (χ4v) is 3.22. The van der Waals surface area contributed by atoms with Crippen LogP contribution in [-0.4, -0.2) is 15.9 Å². The molecule has 2 heterocycles. The number of thioether (sulfide) groups is 1. The van der Waals surface area contributed by atoms with Crippen LogP contribution in [0.4, 0.5) is 5.13 Å². The molecule has 1 amide bonds. The third-order valence-corrected chi connectivity index (χ3v) is 4.96. The van der Waals surface area contributed by atoms with Crippen LogP contribution in [0.15, 0.2) is 21.0 Å². The van der Waals surface area contributed by atoms with Crippen LogP contribution < -0.4 is 5.32 Å². The van der Waals surface area contributed by atoms with E-state index >= 15 is 0 Å². The lowest BCUT2D eigenvalue weighted by atomic mass is 9.94. The molecule has 120 valence electrons. The Hall–Kier alpha value is -1.34. The lowest BCUT2D eigenvalue weighted by molar-refractivity contribution is -0.118. The average molecular weight is 339 g/mol. The van der Waals surface area contributed by atoms with Crippen molar-refractivity contribution in [1.82, 2.24) is 9.97 Å². The highest BCUT2D eigenvalue weighted by Crippen LogP contribution is 2.31. The number of aromatic nitrogens is 2. The Morgan fingerprint density at radius 2 is 2.09 bits per heavy atom. The molecule has 0 atom stereocenters. The molecule has 0 saturated heterocycles. The van der Waals surface area contributed by atoms with Crippen molar-refractivity contribution in [3.63, 3.8) is 0 Å². The zero-order chi connectivity index (χ0) is 16.3. The van der Waals surface area contributed by atoms with Gasteiger partial charge < -0.3 is 9.73 Å². The number of nitrogens with one attached hydrogen (secondary N) is 1. The zero-order valence-electron chi connectivity index (χ0n) is 13.5. The Balaban J connectivity index is 1.91. The van der Waals surface area contributed by atoms with Crippen molar-refractivity contribution < 1.29 is 9.21 Å². The van der Waals surface area contributed by atoms with Crippen LogP contribution in [0.3, 0.4) is 0 Å². The van der Waals surface area contributed by atoms with Crippen molar-refractivity contribution in [1.29, 1.82) is 0 Å². The first-order valence-electron chi connectivity index (χ1n) is 7.10. The third kappa shape index (κ3) is 4.58. The number of oxazole rings is 1. The summed E-state index contributed by atoms with van der Waals surface area (Å²) in [5.74, 6) is 2.17. The number of carbonyl (C=O) groups is 1. The third-order valence-electron chi connectivity index (χ3n) is 2.87. The second kappa shape index (κ2) is 6.83. The molecule has 5 nitrogen and oxygen atoms in total. The topological polar surface area (TPSA) is 68.0 Å². The quantitative estimate of drug-likeness (QED) is 0.822. The predicted molar refractivity (Wildman–Crippen MR) is 90.3 cm³/mol. The number of anilines is 1. The molecule has 0 aliphatic carbocycles. The normalized spacial score (nSPS) is 11.9. The van der Waals surface area contributed by atoms with E-state index in [0.29, 0.717) is 16.8 Å². The van der Waals surface area contributed by atoms with Crippen LogP contribution in [0.25, 0.3) is 0 Å². The van der Waals surface area contributed by atoms with E-state index in [0.717, 1.165) is 9.97 Å². The summed E-state index contributed by atoms with van der Waals surface area (Å²) in [4.78, 5) is 20.1. The average Bonchev–Trinajstić information content (AvgIpc) is 3.04. The summed E-state index contributed by atoms with van der Waals surface area (Å²) in [7, 11) is 0. The molecule has 0 fully saturated rings. The van der Waals surface area contributed by atoms with Gasteiger partial charge in [0, 0.05) is 11.3 Å². The zero-order valence-corrected chi connectivity index (χ0v) is 15.1. The van der Waals surface area contributed by atoms with Gasteiger partial charge in [0.15, 0.2) is 5.13 Å². The van der Waals surface area contributed by atoms with Crippen molar-refractivity contribution in [2.24, 2.45) is 5.92 Å². The monoisotopic (exact) mass is 339 g/mol. The Bertz CT molecular complexity index is 641. The van der Waals surface area contributed by atoms with Gasteiger partial charge in [-0.05, 0) is 0 Å². The molecule has 7 heteroatoms. The molecule has 2 rings (SSSR count). The molecular formula is C15H21N3O2S2. The molecule has 0 aromatic carbocycles. The minimum atomic E-state index is -0.0526. The molecule has 22 heavy (non-hydrogen) atoms. The van der Waals surface area contributed by atoms with Gasteiger partial charge in [-0.1, -0.05) is 46.0 Å². The minimum absolute atomic E-state index is 0.0200. The maximum atomic E-state index is 11.6. The van der Waals surface area contributed by atoms with Crippen molar-refractivity contribution in [2.45, 2.75) is 50.0 Å².